The molecular formula is C57H110N2O15. The van der Waals surface area contributed by atoms with E-state index in [2.05, 4.69) is 31.4 Å². The van der Waals surface area contributed by atoms with Crippen LogP contribution in [0.4, 0.5) is 0 Å². The molecule has 0 aromatic heterocycles. The molecule has 2 aliphatic rings. The minimum Gasteiger partial charge on any atom is -0.394 e. The molecule has 0 aromatic carbocycles. The van der Waals surface area contributed by atoms with Crippen molar-refractivity contribution in [3.8, 4) is 0 Å². The summed E-state index contributed by atoms with van der Waals surface area (Å²) in [6, 6.07) is -2.67. The molecule has 0 aromatic rings. The predicted molar refractivity (Wildman–Crippen MR) is 287 cm³/mol. The molecule has 0 radical (unpaired) electrons. The molecule has 0 aliphatic carbocycles. The van der Waals surface area contributed by atoms with Gasteiger partial charge in [0, 0.05) is 6.92 Å². The molecular weight excluding hydrogens is 953 g/mol. The lowest BCUT2D eigenvalue weighted by molar-refractivity contribution is -0.347. The molecule has 17 nitrogen and oxygen atoms in total. The fourth-order valence-corrected chi connectivity index (χ4v) is 10.3. The molecule has 2 heterocycles. The number of carbonyl (C=O) groups is 2. The second-order valence-corrected chi connectivity index (χ2v) is 22.3. The maximum atomic E-state index is 13.4. The van der Waals surface area contributed by atoms with Crippen LogP contribution < -0.4 is 10.6 Å². The number of aliphatic hydroxyl groups excluding tert-OH is 9. The quantitative estimate of drug-likeness (QED) is 0.0277. The summed E-state index contributed by atoms with van der Waals surface area (Å²) in [4.78, 5) is 25.4. The Morgan fingerprint density at radius 3 is 1.38 bits per heavy atom. The third-order valence-electron chi connectivity index (χ3n) is 15.1. The van der Waals surface area contributed by atoms with E-state index in [1.165, 1.54) is 141 Å². The normalized spacial score (nSPS) is 26.0. The summed E-state index contributed by atoms with van der Waals surface area (Å²) in [5.41, 5.74) is 0. The summed E-state index contributed by atoms with van der Waals surface area (Å²) in [6.45, 7) is 5.88. The van der Waals surface area contributed by atoms with Crippen molar-refractivity contribution in [1.82, 2.24) is 10.6 Å². The first-order chi connectivity index (χ1) is 35.7. The van der Waals surface area contributed by atoms with Crippen LogP contribution in [-0.4, -0.2) is 163 Å². The number of aliphatic hydroxyl groups is 9. The van der Waals surface area contributed by atoms with Crippen LogP contribution >= 0.6 is 0 Å². The van der Waals surface area contributed by atoms with Crippen LogP contribution in [0.3, 0.4) is 0 Å². The highest BCUT2D eigenvalue weighted by Gasteiger charge is 2.51. The SMILES string of the molecule is CCCCCCCCCCCCCCCCCCCCCC[C@@H](O)C(=O)N[C@@H](CO[C@H]1O[C@H](CO)[C@H](O[C@H]2O[C@H](CO)[C@@H](O)[C@H](O)[C@H]2NC(C)=O)[C@H](O)[C@H]1O)[C@H](O)[C@H](O)CCCCCCCCCCCCC(C)C. The Labute approximate surface area is 446 Å². The van der Waals surface area contributed by atoms with E-state index >= 15 is 0 Å². The average Bonchev–Trinajstić information content (AvgIpc) is 3.38. The molecule has 74 heavy (non-hydrogen) atoms. The summed E-state index contributed by atoms with van der Waals surface area (Å²) < 4.78 is 23.2. The van der Waals surface area contributed by atoms with E-state index in [1.54, 1.807) is 0 Å². The fraction of sp³-hybridized carbons (Fsp3) is 0.965. The third-order valence-corrected chi connectivity index (χ3v) is 15.1. The van der Waals surface area contributed by atoms with Crippen molar-refractivity contribution in [1.29, 1.82) is 0 Å². The topological polar surface area (TPSA) is 277 Å². The first kappa shape index (κ1) is 68.5. The Morgan fingerprint density at radius 2 is 0.946 bits per heavy atom. The zero-order chi connectivity index (χ0) is 54.5. The number of amides is 2. The Balaban J connectivity index is 1.89. The van der Waals surface area contributed by atoms with E-state index < -0.39 is 117 Å². The second kappa shape index (κ2) is 42.4. The van der Waals surface area contributed by atoms with Crippen molar-refractivity contribution in [3.63, 3.8) is 0 Å². The van der Waals surface area contributed by atoms with Gasteiger partial charge >= 0.3 is 0 Å². The largest absolute Gasteiger partial charge is 0.394 e. The van der Waals surface area contributed by atoms with Crippen molar-refractivity contribution >= 4 is 11.8 Å². The Morgan fingerprint density at radius 1 is 0.527 bits per heavy atom. The van der Waals surface area contributed by atoms with E-state index in [9.17, 15) is 55.5 Å². The molecule has 438 valence electrons. The van der Waals surface area contributed by atoms with Gasteiger partial charge in [-0.25, -0.2) is 0 Å². The number of rotatable bonds is 46. The number of nitrogens with one attached hydrogen (secondary N) is 2. The minimum atomic E-state index is -1.86. The van der Waals surface area contributed by atoms with Crippen LogP contribution in [0.5, 0.6) is 0 Å². The van der Waals surface area contributed by atoms with E-state index in [-0.39, 0.29) is 12.8 Å². The average molecular weight is 1060 g/mol. The number of hydrogen-bond donors (Lipinski definition) is 11. The molecule has 2 rings (SSSR count). The maximum absolute atomic E-state index is 13.4. The van der Waals surface area contributed by atoms with Gasteiger partial charge in [-0.1, -0.05) is 220 Å². The Hall–Kier alpha value is -1.58. The third kappa shape index (κ3) is 28.9. The highest BCUT2D eigenvalue weighted by molar-refractivity contribution is 5.80. The van der Waals surface area contributed by atoms with Gasteiger partial charge in [-0.3, -0.25) is 9.59 Å². The lowest BCUT2D eigenvalue weighted by Crippen LogP contribution is -2.67. The van der Waals surface area contributed by atoms with Crippen LogP contribution in [0, 0.1) is 5.92 Å². The Kier molecular flexibility index (Phi) is 39.2. The van der Waals surface area contributed by atoms with E-state index in [4.69, 9.17) is 18.9 Å². The van der Waals surface area contributed by atoms with Gasteiger partial charge in [0.15, 0.2) is 12.6 Å². The van der Waals surface area contributed by atoms with Crippen molar-refractivity contribution in [2.75, 3.05) is 19.8 Å². The monoisotopic (exact) mass is 1060 g/mol. The summed E-state index contributed by atoms with van der Waals surface area (Å²) in [6.07, 6.45) is 18.9. The number of carbonyl (C=O) groups excluding carboxylic acids is 2. The van der Waals surface area contributed by atoms with Gasteiger partial charge in [-0.2, -0.15) is 0 Å². The van der Waals surface area contributed by atoms with Gasteiger partial charge in [0.2, 0.25) is 11.8 Å². The van der Waals surface area contributed by atoms with Crippen molar-refractivity contribution in [2.45, 2.75) is 325 Å². The van der Waals surface area contributed by atoms with Crippen molar-refractivity contribution in [3.05, 3.63) is 0 Å². The molecule has 0 bridgehead atoms. The maximum Gasteiger partial charge on any atom is 0.249 e. The first-order valence-corrected chi connectivity index (χ1v) is 29.8. The summed E-state index contributed by atoms with van der Waals surface area (Å²) in [7, 11) is 0. The van der Waals surface area contributed by atoms with Crippen LogP contribution in [0.25, 0.3) is 0 Å². The van der Waals surface area contributed by atoms with Gasteiger partial charge in [0.25, 0.3) is 0 Å². The molecule has 0 spiro atoms. The van der Waals surface area contributed by atoms with Crippen molar-refractivity contribution < 1.29 is 74.5 Å². The van der Waals surface area contributed by atoms with Crippen LogP contribution in [-0.2, 0) is 28.5 Å². The molecule has 0 unspecified atom stereocenters. The van der Waals surface area contributed by atoms with Gasteiger partial charge in [0.05, 0.1) is 32.0 Å². The number of ether oxygens (including phenoxy) is 4. The molecule has 2 amide bonds. The fourth-order valence-electron chi connectivity index (χ4n) is 10.3. The highest BCUT2D eigenvalue weighted by atomic mass is 16.7. The smallest absolute Gasteiger partial charge is 0.249 e. The predicted octanol–water partition coefficient (Wildman–Crippen LogP) is 6.89. The summed E-state index contributed by atoms with van der Waals surface area (Å²) in [5, 5.41) is 102. The summed E-state index contributed by atoms with van der Waals surface area (Å²) >= 11 is 0. The molecule has 11 N–H and O–H groups in total. The zero-order valence-electron chi connectivity index (χ0n) is 46.6. The Bertz CT molecular complexity index is 1370. The van der Waals surface area contributed by atoms with Gasteiger partial charge in [-0.15, -0.1) is 0 Å². The molecule has 2 saturated heterocycles. The lowest BCUT2D eigenvalue weighted by atomic mass is 9.95. The molecule has 2 aliphatic heterocycles. The molecule has 14 atom stereocenters. The van der Waals surface area contributed by atoms with Crippen LogP contribution in [0.2, 0.25) is 0 Å². The van der Waals surface area contributed by atoms with Gasteiger partial charge in [-0.05, 0) is 18.8 Å². The lowest BCUT2D eigenvalue weighted by Gasteiger charge is -2.47. The standard InChI is InChI=1S/C57H110N2O15/c1-5-6-7-8-9-10-11-12-13-14-15-16-17-18-19-20-25-28-31-34-37-45(64)55(70)59-43(49(65)44(63)36-33-30-27-24-22-21-23-26-29-32-35-41(2)3)40-71-57-53(69)52(68)54(47(39-61)73-57)74-56-48(58-42(4)62)51(67)50(66)46(38-60)72-56/h41,43-54,56-57,60-61,63-69H,5-40H2,1-4H3,(H,58,62)(H,59,70)/t43-,44+,45+,46+,47+,48+,49-,50+,51+,52+,53+,54-,56+,57-/m0/s1. The zero-order valence-corrected chi connectivity index (χ0v) is 46.6. The highest BCUT2D eigenvalue weighted by Crippen LogP contribution is 2.30. The van der Waals surface area contributed by atoms with Crippen molar-refractivity contribution in [2.24, 2.45) is 5.92 Å². The molecule has 2 fully saturated rings. The summed E-state index contributed by atoms with van der Waals surface area (Å²) in [5.74, 6) is -0.626. The minimum absolute atomic E-state index is 0.202. The molecule has 0 saturated carbocycles. The number of hydrogen-bond acceptors (Lipinski definition) is 15. The van der Waals surface area contributed by atoms with E-state index in [0.29, 0.717) is 12.8 Å². The van der Waals surface area contributed by atoms with Crippen LogP contribution in [0.1, 0.15) is 240 Å². The van der Waals surface area contributed by atoms with E-state index in [1.807, 2.05) is 0 Å². The first-order valence-electron chi connectivity index (χ1n) is 29.8. The molecule has 17 heteroatoms. The van der Waals surface area contributed by atoms with Crippen LogP contribution in [0.15, 0.2) is 0 Å². The second-order valence-electron chi connectivity index (χ2n) is 22.3. The number of unbranched alkanes of at least 4 members (excludes halogenated alkanes) is 28. The van der Waals surface area contributed by atoms with Gasteiger partial charge < -0.3 is 75.5 Å². The van der Waals surface area contributed by atoms with E-state index in [0.717, 1.165) is 57.8 Å². The van der Waals surface area contributed by atoms with Gasteiger partial charge in [0.1, 0.15) is 61.0 Å².